The minimum absolute atomic E-state index is 0.159. The fourth-order valence-electron chi connectivity index (χ4n) is 1.90. The van der Waals surface area contributed by atoms with Gasteiger partial charge in [-0.25, -0.2) is 8.42 Å². The fraction of sp³-hybridized carbons (Fsp3) is 0.800. The SMILES string of the molecule is CCS(=O)(=O)NC(=O)C1(C=O)CCCCC1. The lowest BCUT2D eigenvalue weighted by Gasteiger charge is -2.30. The van der Waals surface area contributed by atoms with Crippen molar-refractivity contribution in [2.24, 2.45) is 5.41 Å². The lowest BCUT2D eigenvalue weighted by molar-refractivity contribution is -0.137. The van der Waals surface area contributed by atoms with Crippen LogP contribution in [0.5, 0.6) is 0 Å². The van der Waals surface area contributed by atoms with Gasteiger partial charge >= 0.3 is 0 Å². The molecule has 1 rings (SSSR count). The zero-order valence-electron chi connectivity index (χ0n) is 9.36. The van der Waals surface area contributed by atoms with Crippen molar-refractivity contribution >= 4 is 22.2 Å². The van der Waals surface area contributed by atoms with E-state index in [0.29, 0.717) is 19.1 Å². The molecule has 0 aromatic rings. The fourth-order valence-corrected chi connectivity index (χ4v) is 2.53. The van der Waals surface area contributed by atoms with Gasteiger partial charge in [0.25, 0.3) is 0 Å². The molecule has 0 spiro atoms. The molecule has 1 aliphatic rings. The van der Waals surface area contributed by atoms with Gasteiger partial charge in [0, 0.05) is 0 Å². The normalized spacial score (nSPS) is 20.1. The van der Waals surface area contributed by atoms with E-state index in [0.717, 1.165) is 19.3 Å². The maximum atomic E-state index is 11.8. The van der Waals surface area contributed by atoms with Gasteiger partial charge in [0.15, 0.2) is 0 Å². The lowest BCUT2D eigenvalue weighted by Crippen LogP contribution is -2.46. The molecule has 1 amide bonds. The minimum atomic E-state index is -3.57. The number of hydrogen-bond donors (Lipinski definition) is 1. The molecule has 0 radical (unpaired) electrons. The molecule has 0 aromatic heterocycles. The Kier molecular flexibility index (Phi) is 4.07. The van der Waals surface area contributed by atoms with E-state index in [-0.39, 0.29) is 5.75 Å². The molecule has 0 aromatic carbocycles. The molecule has 92 valence electrons. The van der Waals surface area contributed by atoms with Crippen molar-refractivity contribution in [2.75, 3.05) is 5.75 Å². The van der Waals surface area contributed by atoms with E-state index >= 15 is 0 Å². The third-order valence-corrected chi connectivity index (χ3v) is 4.31. The molecule has 1 saturated carbocycles. The largest absolute Gasteiger partial charge is 0.302 e. The summed E-state index contributed by atoms with van der Waals surface area (Å²) in [6.07, 6.45) is 4.07. The van der Waals surface area contributed by atoms with Crippen LogP contribution in [0.25, 0.3) is 0 Å². The third-order valence-electron chi connectivity index (χ3n) is 3.05. The van der Waals surface area contributed by atoms with Gasteiger partial charge < -0.3 is 4.79 Å². The topological polar surface area (TPSA) is 80.3 Å². The molecule has 1 aliphatic carbocycles. The van der Waals surface area contributed by atoms with Gasteiger partial charge in [-0.3, -0.25) is 9.52 Å². The molecule has 5 nitrogen and oxygen atoms in total. The summed E-state index contributed by atoms with van der Waals surface area (Å²) in [5.41, 5.74) is -1.12. The Morgan fingerprint density at radius 2 is 1.88 bits per heavy atom. The Bertz CT molecular complexity index is 368. The molecule has 0 heterocycles. The first-order valence-corrected chi connectivity index (χ1v) is 7.12. The summed E-state index contributed by atoms with van der Waals surface area (Å²) in [5, 5.41) is 0. The average molecular weight is 247 g/mol. The van der Waals surface area contributed by atoms with Crippen LogP contribution < -0.4 is 4.72 Å². The Morgan fingerprint density at radius 3 is 2.31 bits per heavy atom. The highest BCUT2D eigenvalue weighted by Crippen LogP contribution is 2.34. The lowest BCUT2D eigenvalue weighted by atomic mass is 9.75. The Hall–Kier alpha value is -0.910. The predicted octanol–water partition coefficient (Wildman–Crippen LogP) is 0.602. The van der Waals surface area contributed by atoms with Gasteiger partial charge in [-0.15, -0.1) is 0 Å². The van der Waals surface area contributed by atoms with Gasteiger partial charge in [0.2, 0.25) is 15.9 Å². The number of carbonyl (C=O) groups excluding carboxylic acids is 2. The Balaban J connectivity index is 2.81. The van der Waals surface area contributed by atoms with Gasteiger partial charge in [0.05, 0.1) is 5.75 Å². The van der Waals surface area contributed by atoms with E-state index < -0.39 is 21.3 Å². The number of amides is 1. The van der Waals surface area contributed by atoms with Crippen molar-refractivity contribution in [3.63, 3.8) is 0 Å². The number of carbonyl (C=O) groups is 2. The molecule has 0 atom stereocenters. The highest BCUT2D eigenvalue weighted by Gasteiger charge is 2.40. The Labute approximate surface area is 95.7 Å². The molecule has 6 heteroatoms. The van der Waals surface area contributed by atoms with Gasteiger partial charge in [0.1, 0.15) is 11.7 Å². The molecule has 1 N–H and O–H groups in total. The van der Waals surface area contributed by atoms with Crippen LogP contribution in [-0.4, -0.2) is 26.4 Å². The molecule has 16 heavy (non-hydrogen) atoms. The second-order valence-corrected chi connectivity index (χ2v) is 6.18. The minimum Gasteiger partial charge on any atom is -0.302 e. The quantitative estimate of drug-likeness (QED) is 0.582. The number of aldehydes is 1. The maximum absolute atomic E-state index is 11.8. The number of sulfonamides is 1. The van der Waals surface area contributed by atoms with E-state index in [1.165, 1.54) is 6.92 Å². The van der Waals surface area contributed by atoms with Crippen molar-refractivity contribution < 1.29 is 18.0 Å². The summed E-state index contributed by atoms with van der Waals surface area (Å²) in [5.74, 6) is -0.822. The number of rotatable bonds is 4. The zero-order valence-corrected chi connectivity index (χ0v) is 10.2. The highest BCUT2D eigenvalue weighted by atomic mass is 32.2. The molecule has 0 unspecified atom stereocenters. The van der Waals surface area contributed by atoms with Crippen molar-refractivity contribution in [1.82, 2.24) is 4.72 Å². The standard InChI is InChI=1S/C10H17NO4S/c1-2-16(14,15)11-9(13)10(8-12)6-4-3-5-7-10/h8H,2-7H2,1H3,(H,11,13). The van der Waals surface area contributed by atoms with Crippen LogP contribution in [-0.2, 0) is 19.6 Å². The summed E-state index contributed by atoms with van der Waals surface area (Å²) < 4.78 is 24.5. The first kappa shape index (κ1) is 13.2. The summed E-state index contributed by atoms with van der Waals surface area (Å²) in [4.78, 5) is 22.8. The number of nitrogens with one attached hydrogen (secondary N) is 1. The molecule has 0 bridgehead atoms. The van der Waals surface area contributed by atoms with Gasteiger partial charge in [-0.05, 0) is 19.8 Å². The smallest absolute Gasteiger partial charge is 0.246 e. The van der Waals surface area contributed by atoms with Crippen LogP contribution in [0, 0.1) is 5.41 Å². The van der Waals surface area contributed by atoms with Crippen LogP contribution in [0.15, 0.2) is 0 Å². The number of hydrogen-bond acceptors (Lipinski definition) is 4. The molecule has 0 saturated heterocycles. The van der Waals surface area contributed by atoms with Crippen molar-refractivity contribution in [3.05, 3.63) is 0 Å². The molecular formula is C10H17NO4S. The van der Waals surface area contributed by atoms with Crippen molar-refractivity contribution in [2.45, 2.75) is 39.0 Å². The average Bonchev–Trinajstić information content (AvgIpc) is 2.29. The molecule has 1 fully saturated rings. The van der Waals surface area contributed by atoms with Gasteiger partial charge in [-0.2, -0.15) is 0 Å². The van der Waals surface area contributed by atoms with Crippen LogP contribution in [0.2, 0.25) is 0 Å². The van der Waals surface area contributed by atoms with E-state index in [4.69, 9.17) is 0 Å². The first-order chi connectivity index (χ1) is 7.46. The molecule has 0 aliphatic heterocycles. The van der Waals surface area contributed by atoms with Crippen LogP contribution in [0.1, 0.15) is 39.0 Å². The van der Waals surface area contributed by atoms with E-state index in [9.17, 15) is 18.0 Å². The van der Waals surface area contributed by atoms with Crippen LogP contribution in [0.3, 0.4) is 0 Å². The van der Waals surface area contributed by atoms with Crippen LogP contribution >= 0.6 is 0 Å². The zero-order chi connectivity index (χ0) is 12.2. The summed E-state index contributed by atoms with van der Waals surface area (Å²) in [7, 11) is -3.57. The Morgan fingerprint density at radius 1 is 1.31 bits per heavy atom. The van der Waals surface area contributed by atoms with Crippen LogP contribution in [0.4, 0.5) is 0 Å². The maximum Gasteiger partial charge on any atom is 0.246 e. The second kappa shape index (κ2) is 4.95. The summed E-state index contributed by atoms with van der Waals surface area (Å²) in [6, 6.07) is 0. The first-order valence-electron chi connectivity index (χ1n) is 5.47. The monoisotopic (exact) mass is 247 g/mol. The summed E-state index contributed by atoms with van der Waals surface area (Å²) >= 11 is 0. The predicted molar refractivity (Wildman–Crippen MR) is 59.2 cm³/mol. The molecular weight excluding hydrogens is 230 g/mol. The summed E-state index contributed by atoms with van der Waals surface area (Å²) in [6.45, 7) is 1.45. The van der Waals surface area contributed by atoms with E-state index in [1.807, 2.05) is 4.72 Å². The third kappa shape index (κ3) is 2.81. The second-order valence-electron chi connectivity index (χ2n) is 4.17. The van der Waals surface area contributed by atoms with E-state index in [1.54, 1.807) is 0 Å². The van der Waals surface area contributed by atoms with Crippen molar-refractivity contribution in [1.29, 1.82) is 0 Å². The highest BCUT2D eigenvalue weighted by molar-refractivity contribution is 7.90. The van der Waals surface area contributed by atoms with Crippen molar-refractivity contribution in [3.8, 4) is 0 Å². The van der Waals surface area contributed by atoms with E-state index in [2.05, 4.69) is 0 Å². The van der Waals surface area contributed by atoms with Gasteiger partial charge in [-0.1, -0.05) is 19.3 Å².